The monoisotopic (exact) mass is 358 g/mol. The van der Waals surface area contributed by atoms with Crippen molar-refractivity contribution in [2.45, 2.75) is 40.5 Å². The van der Waals surface area contributed by atoms with Crippen molar-refractivity contribution in [3.05, 3.63) is 83.3 Å². The van der Waals surface area contributed by atoms with Gasteiger partial charge in [-0.25, -0.2) is 9.98 Å². The summed E-state index contributed by atoms with van der Waals surface area (Å²) in [5.74, 6) is 1.53. The van der Waals surface area contributed by atoms with Crippen molar-refractivity contribution < 1.29 is 4.42 Å². The molecule has 2 aromatic carbocycles. The second-order valence-corrected chi connectivity index (χ2v) is 6.60. The fourth-order valence-electron chi connectivity index (χ4n) is 2.84. The van der Waals surface area contributed by atoms with Crippen molar-refractivity contribution in [3.63, 3.8) is 0 Å². The molecule has 138 valence electrons. The lowest BCUT2D eigenvalue weighted by Crippen LogP contribution is -1.93. The Balaban J connectivity index is 1.77. The number of hydrogen-bond donors (Lipinski definition) is 0. The zero-order valence-corrected chi connectivity index (χ0v) is 16.5. The molecule has 0 bridgehead atoms. The molecule has 0 fully saturated rings. The van der Waals surface area contributed by atoms with Crippen LogP contribution in [0.3, 0.4) is 0 Å². The molecule has 0 N–H and O–H groups in total. The van der Waals surface area contributed by atoms with E-state index >= 15 is 0 Å². The van der Waals surface area contributed by atoms with Crippen molar-refractivity contribution in [3.8, 4) is 0 Å². The first-order valence-electron chi connectivity index (χ1n) is 9.48. The number of nitrogens with zero attached hydrogens (tertiary/aromatic N) is 2. The first-order valence-corrected chi connectivity index (χ1v) is 9.48. The number of benzene rings is 2. The minimum Gasteiger partial charge on any atom is -0.454 e. The SMILES string of the molecule is CCc1ccc(N=C(C)c2ccc(C(C)=Nc3ccc(CC)cc3)o2)cc1. The molecule has 3 aromatic rings. The standard InChI is InChI=1S/C24H26N2O/c1-5-19-7-11-21(12-8-19)25-17(3)23-15-16-24(27-23)18(4)26-22-13-9-20(6-2)10-14-22/h7-16H,5-6H2,1-4H3. The molecule has 0 unspecified atom stereocenters. The van der Waals surface area contributed by atoms with Gasteiger partial charge >= 0.3 is 0 Å². The third kappa shape index (κ3) is 4.82. The van der Waals surface area contributed by atoms with E-state index in [0.29, 0.717) is 0 Å². The van der Waals surface area contributed by atoms with Gasteiger partial charge in [0.1, 0.15) is 11.5 Å². The van der Waals surface area contributed by atoms with Gasteiger partial charge in [0.05, 0.1) is 22.8 Å². The van der Waals surface area contributed by atoms with Crippen LogP contribution in [0.1, 0.15) is 50.3 Å². The van der Waals surface area contributed by atoms with Crippen molar-refractivity contribution in [1.29, 1.82) is 0 Å². The van der Waals surface area contributed by atoms with E-state index in [0.717, 1.165) is 47.2 Å². The maximum atomic E-state index is 5.98. The molecular weight excluding hydrogens is 332 g/mol. The molecule has 3 nitrogen and oxygen atoms in total. The molecule has 0 saturated heterocycles. The van der Waals surface area contributed by atoms with Crippen LogP contribution in [-0.4, -0.2) is 11.4 Å². The van der Waals surface area contributed by atoms with E-state index in [-0.39, 0.29) is 0 Å². The van der Waals surface area contributed by atoms with Gasteiger partial charge in [-0.05, 0) is 74.2 Å². The average molecular weight is 358 g/mol. The summed E-state index contributed by atoms with van der Waals surface area (Å²) in [6.07, 6.45) is 2.06. The summed E-state index contributed by atoms with van der Waals surface area (Å²) in [5, 5.41) is 0. The third-order valence-corrected chi connectivity index (χ3v) is 4.60. The van der Waals surface area contributed by atoms with E-state index in [2.05, 4.69) is 48.1 Å². The molecule has 0 aliphatic heterocycles. The first kappa shape index (κ1) is 18.8. The first-order chi connectivity index (χ1) is 13.1. The highest BCUT2D eigenvalue weighted by atomic mass is 16.3. The van der Waals surface area contributed by atoms with Crippen molar-refractivity contribution in [1.82, 2.24) is 0 Å². The van der Waals surface area contributed by atoms with Gasteiger partial charge in [-0.15, -0.1) is 0 Å². The summed E-state index contributed by atoms with van der Waals surface area (Å²) in [6, 6.07) is 20.5. The maximum absolute atomic E-state index is 5.98. The van der Waals surface area contributed by atoms with Crippen molar-refractivity contribution >= 4 is 22.8 Å². The molecule has 0 amide bonds. The van der Waals surface area contributed by atoms with E-state index in [1.54, 1.807) is 0 Å². The van der Waals surface area contributed by atoms with Gasteiger partial charge in [0, 0.05) is 0 Å². The average Bonchev–Trinajstić information content (AvgIpc) is 3.20. The lowest BCUT2D eigenvalue weighted by Gasteiger charge is -2.01. The highest BCUT2D eigenvalue weighted by molar-refractivity contribution is 6.01. The van der Waals surface area contributed by atoms with Gasteiger partial charge < -0.3 is 4.42 Å². The number of furan rings is 1. The summed E-state index contributed by atoms with van der Waals surface area (Å²) < 4.78 is 5.98. The van der Waals surface area contributed by atoms with Gasteiger partial charge in [0.15, 0.2) is 0 Å². The Bertz CT molecular complexity index is 867. The van der Waals surface area contributed by atoms with Crippen LogP contribution < -0.4 is 0 Å². The number of aliphatic imine (C=N–C) groups is 2. The summed E-state index contributed by atoms with van der Waals surface area (Å²) in [4.78, 5) is 9.33. The van der Waals surface area contributed by atoms with Crippen LogP contribution in [0.4, 0.5) is 11.4 Å². The van der Waals surface area contributed by atoms with E-state index in [1.807, 2.05) is 50.2 Å². The Hall–Kier alpha value is -2.94. The third-order valence-electron chi connectivity index (χ3n) is 4.60. The maximum Gasteiger partial charge on any atom is 0.148 e. The predicted molar refractivity (Wildman–Crippen MR) is 114 cm³/mol. The molecule has 0 radical (unpaired) electrons. The topological polar surface area (TPSA) is 37.9 Å². The Kier molecular flexibility index (Phi) is 6.02. The molecule has 0 aliphatic rings. The summed E-state index contributed by atoms with van der Waals surface area (Å²) in [6.45, 7) is 8.23. The van der Waals surface area contributed by atoms with Crippen LogP contribution in [0.5, 0.6) is 0 Å². The summed E-state index contributed by atoms with van der Waals surface area (Å²) in [5.41, 5.74) is 6.20. The molecule has 0 atom stereocenters. The van der Waals surface area contributed by atoms with Gasteiger partial charge in [-0.3, -0.25) is 0 Å². The highest BCUT2D eigenvalue weighted by Gasteiger charge is 2.08. The van der Waals surface area contributed by atoms with Crippen LogP contribution in [-0.2, 0) is 12.8 Å². The molecule has 3 heteroatoms. The zero-order valence-electron chi connectivity index (χ0n) is 16.5. The van der Waals surface area contributed by atoms with E-state index in [9.17, 15) is 0 Å². The normalized spacial score (nSPS) is 12.4. The molecule has 0 spiro atoms. The van der Waals surface area contributed by atoms with Crippen LogP contribution in [0.25, 0.3) is 0 Å². The second-order valence-electron chi connectivity index (χ2n) is 6.60. The molecule has 0 aliphatic carbocycles. The lowest BCUT2D eigenvalue weighted by atomic mass is 10.1. The van der Waals surface area contributed by atoms with Crippen LogP contribution in [0.2, 0.25) is 0 Å². The molecule has 3 rings (SSSR count). The summed E-state index contributed by atoms with van der Waals surface area (Å²) >= 11 is 0. The highest BCUT2D eigenvalue weighted by Crippen LogP contribution is 2.19. The molecule has 27 heavy (non-hydrogen) atoms. The minimum absolute atomic E-state index is 0.764. The van der Waals surface area contributed by atoms with Crippen LogP contribution >= 0.6 is 0 Å². The Morgan fingerprint density at radius 3 is 1.33 bits per heavy atom. The zero-order chi connectivity index (χ0) is 19.2. The van der Waals surface area contributed by atoms with E-state index in [1.165, 1.54) is 11.1 Å². The quantitative estimate of drug-likeness (QED) is 0.453. The van der Waals surface area contributed by atoms with Crippen molar-refractivity contribution in [2.24, 2.45) is 9.98 Å². The molecule has 1 heterocycles. The number of rotatable bonds is 6. The second kappa shape index (κ2) is 8.63. The van der Waals surface area contributed by atoms with Gasteiger partial charge in [0.25, 0.3) is 0 Å². The van der Waals surface area contributed by atoms with E-state index in [4.69, 9.17) is 4.42 Å². The van der Waals surface area contributed by atoms with Gasteiger partial charge in [-0.2, -0.15) is 0 Å². The van der Waals surface area contributed by atoms with Gasteiger partial charge in [-0.1, -0.05) is 38.1 Å². The van der Waals surface area contributed by atoms with Gasteiger partial charge in [0.2, 0.25) is 0 Å². The lowest BCUT2D eigenvalue weighted by molar-refractivity contribution is 0.548. The smallest absolute Gasteiger partial charge is 0.148 e. The van der Waals surface area contributed by atoms with Crippen molar-refractivity contribution in [2.75, 3.05) is 0 Å². The minimum atomic E-state index is 0.764. The predicted octanol–water partition coefficient (Wildman–Crippen LogP) is 6.69. The van der Waals surface area contributed by atoms with E-state index < -0.39 is 0 Å². The van der Waals surface area contributed by atoms with Crippen LogP contribution in [0.15, 0.2) is 75.1 Å². The summed E-state index contributed by atoms with van der Waals surface area (Å²) in [7, 11) is 0. The van der Waals surface area contributed by atoms with Crippen LogP contribution in [0, 0.1) is 0 Å². The largest absolute Gasteiger partial charge is 0.454 e. The number of hydrogen-bond acceptors (Lipinski definition) is 3. The Morgan fingerprint density at radius 2 is 1.00 bits per heavy atom. The Labute approximate surface area is 161 Å². The fourth-order valence-corrected chi connectivity index (χ4v) is 2.84. The number of aryl methyl sites for hydroxylation is 2. The fraction of sp³-hybridized carbons (Fsp3) is 0.250. The Morgan fingerprint density at radius 1 is 0.630 bits per heavy atom. The molecule has 1 aromatic heterocycles. The molecule has 0 saturated carbocycles. The molecular formula is C24H26N2O.